The standard InChI is InChI=1S/C20H23ClN2O3/c1-23(2)13-15-6-4-14(5-7-15)12-22-20(24)16-10-17(21)19-18(11-16)25-8-3-9-26-19/h4-7,10-11H,3,8-9,12-13H2,1-2H3,(H,22,24). The first-order valence-electron chi connectivity index (χ1n) is 8.63. The molecule has 0 spiro atoms. The number of hydrogen-bond donors (Lipinski definition) is 1. The van der Waals surface area contributed by atoms with Gasteiger partial charge in [0.05, 0.1) is 18.2 Å². The Labute approximate surface area is 158 Å². The maximum absolute atomic E-state index is 12.5. The zero-order valence-corrected chi connectivity index (χ0v) is 15.8. The highest BCUT2D eigenvalue weighted by Gasteiger charge is 2.18. The van der Waals surface area contributed by atoms with E-state index in [1.807, 2.05) is 26.2 Å². The van der Waals surface area contributed by atoms with Crippen LogP contribution in [-0.2, 0) is 13.1 Å². The molecule has 2 aromatic carbocycles. The van der Waals surface area contributed by atoms with Gasteiger partial charge in [0.25, 0.3) is 5.91 Å². The monoisotopic (exact) mass is 374 g/mol. The van der Waals surface area contributed by atoms with Crippen LogP contribution in [0.4, 0.5) is 0 Å². The number of nitrogens with zero attached hydrogens (tertiary/aromatic N) is 1. The van der Waals surface area contributed by atoms with Crippen molar-refractivity contribution < 1.29 is 14.3 Å². The van der Waals surface area contributed by atoms with Gasteiger partial charge in [-0.2, -0.15) is 0 Å². The molecule has 1 heterocycles. The van der Waals surface area contributed by atoms with Crippen LogP contribution in [0.5, 0.6) is 11.5 Å². The first-order chi connectivity index (χ1) is 12.5. The summed E-state index contributed by atoms with van der Waals surface area (Å²) in [5.41, 5.74) is 2.74. The Morgan fingerprint density at radius 2 is 1.81 bits per heavy atom. The number of fused-ring (bicyclic) bond motifs is 1. The van der Waals surface area contributed by atoms with Crippen LogP contribution in [0.1, 0.15) is 27.9 Å². The highest BCUT2D eigenvalue weighted by atomic mass is 35.5. The van der Waals surface area contributed by atoms with E-state index in [-0.39, 0.29) is 5.91 Å². The summed E-state index contributed by atoms with van der Waals surface area (Å²) in [6.07, 6.45) is 0.788. The Morgan fingerprint density at radius 3 is 2.54 bits per heavy atom. The molecule has 1 aliphatic heterocycles. The van der Waals surface area contributed by atoms with E-state index >= 15 is 0 Å². The van der Waals surface area contributed by atoms with Gasteiger partial charge >= 0.3 is 0 Å². The molecule has 0 bridgehead atoms. The van der Waals surface area contributed by atoms with Crippen LogP contribution in [0.25, 0.3) is 0 Å². The van der Waals surface area contributed by atoms with Crippen LogP contribution >= 0.6 is 11.6 Å². The zero-order valence-electron chi connectivity index (χ0n) is 15.0. The fourth-order valence-electron chi connectivity index (χ4n) is 2.77. The summed E-state index contributed by atoms with van der Waals surface area (Å²) in [5, 5.41) is 3.31. The van der Waals surface area contributed by atoms with Crippen molar-refractivity contribution in [2.24, 2.45) is 0 Å². The number of ether oxygens (including phenoxy) is 2. The fourth-order valence-corrected chi connectivity index (χ4v) is 3.04. The maximum Gasteiger partial charge on any atom is 0.251 e. The summed E-state index contributed by atoms with van der Waals surface area (Å²) in [6.45, 7) is 2.45. The van der Waals surface area contributed by atoms with E-state index in [0.717, 1.165) is 18.5 Å². The normalized spacial score (nSPS) is 13.4. The lowest BCUT2D eigenvalue weighted by Gasteiger charge is -2.12. The Hall–Kier alpha value is -2.24. The van der Waals surface area contributed by atoms with Crippen molar-refractivity contribution in [3.05, 3.63) is 58.1 Å². The van der Waals surface area contributed by atoms with Crippen molar-refractivity contribution in [3.8, 4) is 11.5 Å². The Kier molecular flexibility index (Phi) is 6.01. The molecule has 1 N–H and O–H groups in total. The van der Waals surface area contributed by atoms with E-state index in [1.165, 1.54) is 5.56 Å². The molecular formula is C20H23ClN2O3. The molecule has 26 heavy (non-hydrogen) atoms. The summed E-state index contributed by atoms with van der Waals surface area (Å²) in [5.74, 6) is 0.838. The molecule has 0 aliphatic carbocycles. The number of rotatable bonds is 5. The third-order valence-electron chi connectivity index (χ3n) is 4.04. The molecule has 0 radical (unpaired) electrons. The molecule has 0 aromatic heterocycles. The van der Waals surface area contributed by atoms with Crippen LogP contribution in [-0.4, -0.2) is 38.1 Å². The second-order valence-electron chi connectivity index (χ2n) is 6.57. The highest BCUT2D eigenvalue weighted by Crippen LogP contribution is 2.37. The van der Waals surface area contributed by atoms with Crippen LogP contribution in [0.2, 0.25) is 5.02 Å². The van der Waals surface area contributed by atoms with E-state index in [9.17, 15) is 4.79 Å². The lowest BCUT2D eigenvalue weighted by molar-refractivity contribution is 0.0950. The molecule has 3 rings (SSSR count). The number of carbonyl (C=O) groups excluding carboxylic acids is 1. The average Bonchev–Trinajstić information content (AvgIpc) is 2.86. The van der Waals surface area contributed by atoms with E-state index in [2.05, 4.69) is 22.3 Å². The number of nitrogens with one attached hydrogen (secondary N) is 1. The number of hydrogen-bond acceptors (Lipinski definition) is 4. The van der Waals surface area contributed by atoms with Gasteiger partial charge in [-0.15, -0.1) is 0 Å². The van der Waals surface area contributed by atoms with E-state index in [1.54, 1.807) is 12.1 Å². The van der Waals surface area contributed by atoms with Gasteiger partial charge < -0.3 is 19.7 Å². The smallest absolute Gasteiger partial charge is 0.251 e. The van der Waals surface area contributed by atoms with Crippen LogP contribution < -0.4 is 14.8 Å². The minimum atomic E-state index is -0.195. The molecule has 138 valence electrons. The quantitative estimate of drug-likeness (QED) is 0.870. The van der Waals surface area contributed by atoms with Gasteiger partial charge in [-0.3, -0.25) is 4.79 Å². The van der Waals surface area contributed by atoms with Crippen LogP contribution in [0.3, 0.4) is 0 Å². The highest BCUT2D eigenvalue weighted by molar-refractivity contribution is 6.32. The molecular weight excluding hydrogens is 352 g/mol. The summed E-state index contributed by atoms with van der Waals surface area (Å²) in [7, 11) is 4.07. The summed E-state index contributed by atoms with van der Waals surface area (Å²) in [6, 6.07) is 11.5. The lowest BCUT2D eigenvalue weighted by Crippen LogP contribution is -2.23. The molecule has 6 heteroatoms. The molecule has 5 nitrogen and oxygen atoms in total. The second-order valence-corrected chi connectivity index (χ2v) is 6.98. The van der Waals surface area contributed by atoms with Crippen molar-refractivity contribution in [2.75, 3.05) is 27.3 Å². The molecule has 0 saturated carbocycles. The third kappa shape index (κ3) is 4.68. The second kappa shape index (κ2) is 8.43. The van der Waals surface area contributed by atoms with Gasteiger partial charge in [-0.1, -0.05) is 35.9 Å². The van der Waals surface area contributed by atoms with Crippen molar-refractivity contribution in [2.45, 2.75) is 19.5 Å². The fraction of sp³-hybridized carbons (Fsp3) is 0.350. The molecule has 1 aliphatic rings. The Morgan fingerprint density at radius 1 is 1.12 bits per heavy atom. The predicted molar refractivity (Wildman–Crippen MR) is 102 cm³/mol. The minimum absolute atomic E-state index is 0.195. The number of halogens is 1. The molecule has 0 fully saturated rings. The van der Waals surface area contributed by atoms with E-state index in [4.69, 9.17) is 21.1 Å². The summed E-state index contributed by atoms with van der Waals surface area (Å²) in [4.78, 5) is 14.6. The summed E-state index contributed by atoms with van der Waals surface area (Å²) >= 11 is 6.25. The van der Waals surface area contributed by atoms with E-state index in [0.29, 0.717) is 41.8 Å². The first-order valence-corrected chi connectivity index (χ1v) is 9.00. The van der Waals surface area contributed by atoms with Crippen molar-refractivity contribution in [1.29, 1.82) is 0 Å². The molecule has 0 saturated heterocycles. The van der Waals surface area contributed by atoms with Crippen molar-refractivity contribution in [1.82, 2.24) is 10.2 Å². The van der Waals surface area contributed by atoms with Gasteiger partial charge in [0.2, 0.25) is 0 Å². The summed E-state index contributed by atoms with van der Waals surface area (Å²) < 4.78 is 11.2. The molecule has 1 amide bonds. The maximum atomic E-state index is 12.5. The average molecular weight is 375 g/mol. The first kappa shape index (κ1) is 18.5. The number of benzene rings is 2. The van der Waals surface area contributed by atoms with Crippen LogP contribution in [0, 0.1) is 0 Å². The SMILES string of the molecule is CN(C)Cc1ccc(CNC(=O)c2cc(Cl)c3c(c2)OCCCO3)cc1. The molecule has 0 atom stereocenters. The zero-order chi connectivity index (χ0) is 18.5. The predicted octanol–water partition coefficient (Wildman–Crippen LogP) is 3.49. The number of amides is 1. The Bertz CT molecular complexity index is 775. The van der Waals surface area contributed by atoms with Crippen LogP contribution in [0.15, 0.2) is 36.4 Å². The molecule has 2 aromatic rings. The number of carbonyl (C=O) groups is 1. The Balaban J connectivity index is 1.65. The largest absolute Gasteiger partial charge is 0.489 e. The lowest BCUT2D eigenvalue weighted by atomic mass is 10.1. The van der Waals surface area contributed by atoms with Gasteiger partial charge in [0.15, 0.2) is 11.5 Å². The molecule has 0 unspecified atom stereocenters. The van der Waals surface area contributed by atoms with Gasteiger partial charge in [-0.05, 0) is 37.4 Å². The third-order valence-corrected chi connectivity index (χ3v) is 4.32. The van der Waals surface area contributed by atoms with Gasteiger partial charge in [0.1, 0.15) is 0 Å². The van der Waals surface area contributed by atoms with E-state index < -0.39 is 0 Å². The van der Waals surface area contributed by atoms with Gasteiger partial charge in [-0.25, -0.2) is 0 Å². The van der Waals surface area contributed by atoms with Crippen molar-refractivity contribution in [3.63, 3.8) is 0 Å². The topological polar surface area (TPSA) is 50.8 Å². The van der Waals surface area contributed by atoms with Crippen molar-refractivity contribution >= 4 is 17.5 Å². The minimum Gasteiger partial charge on any atom is -0.489 e. The van der Waals surface area contributed by atoms with Gasteiger partial charge in [0, 0.05) is 25.1 Å².